The Morgan fingerprint density at radius 1 is 1.33 bits per heavy atom. The zero-order chi connectivity index (χ0) is 19.8. The van der Waals surface area contributed by atoms with Crippen LogP contribution in [0.15, 0.2) is 36.9 Å². The number of carboxylic acids is 1. The summed E-state index contributed by atoms with van der Waals surface area (Å²) >= 11 is 11.2. The van der Waals surface area contributed by atoms with Crippen molar-refractivity contribution in [1.29, 1.82) is 0 Å². The molecule has 2 rings (SSSR count). The van der Waals surface area contributed by atoms with Crippen LogP contribution in [-0.4, -0.2) is 70.7 Å². The van der Waals surface area contributed by atoms with Crippen molar-refractivity contribution >= 4 is 46.5 Å². The summed E-state index contributed by atoms with van der Waals surface area (Å²) in [6, 6.07) is 5.85. The standard InChI is InChI=1S/C18H23ClN4O3S/c1-2-6-20-18(27)23-9-7-22(8-10-23)15(17(25)26)12-16(24)21-14-5-3-4-13(19)11-14/h2-5,11,15H,1,6-10,12H2,(H,20,27)(H,21,24)(H,25,26). The number of nitrogens with zero attached hydrogens (tertiary/aromatic N) is 2. The summed E-state index contributed by atoms with van der Waals surface area (Å²) in [6.07, 6.45) is 1.59. The maximum atomic E-state index is 12.3. The van der Waals surface area contributed by atoms with Crippen molar-refractivity contribution in [2.45, 2.75) is 12.5 Å². The molecule has 1 heterocycles. The molecule has 1 unspecified atom stereocenters. The van der Waals surface area contributed by atoms with Gasteiger partial charge in [0, 0.05) is 43.4 Å². The molecule has 9 heteroatoms. The van der Waals surface area contributed by atoms with Crippen molar-refractivity contribution < 1.29 is 14.7 Å². The van der Waals surface area contributed by atoms with Gasteiger partial charge in [-0.05, 0) is 30.4 Å². The second-order valence-electron chi connectivity index (χ2n) is 6.11. The van der Waals surface area contributed by atoms with Gasteiger partial charge in [-0.3, -0.25) is 14.5 Å². The highest BCUT2D eigenvalue weighted by atomic mass is 35.5. The van der Waals surface area contributed by atoms with Gasteiger partial charge in [-0.1, -0.05) is 23.7 Å². The smallest absolute Gasteiger partial charge is 0.321 e. The van der Waals surface area contributed by atoms with Crippen LogP contribution < -0.4 is 10.6 Å². The Balaban J connectivity index is 1.90. The molecule has 1 aliphatic rings. The van der Waals surface area contributed by atoms with Crippen LogP contribution in [0.3, 0.4) is 0 Å². The van der Waals surface area contributed by atoms with Gasteiger partial charge in [0.25, 0.3) is 0 Å². The molecule has 146 valence electrons. The van der Waals surface area contributed by atoms with Crippen LogP contribution in [0.25, 0.3) is 0 Å². The Morgan fingerprint density at radius 2 is 2.04 bits per heavy atom. The summed E-state index contributed by atoms with van der Waals surface area (Å²) in [5, 5.41) is 16.5. The fourth-order valence-corrected chi connectivity index (χ4v) is 3.29. The highest BCUT2D eigenvalue weighted by molar-refractivity contribution is 7.80. The van der Waals surface area contributed by atoms with Gasteiger partial charge in [0.05, 0.1) is 6.42 Å². The third-order valence-electron chi connectivity index (χ3n) is 4.21. The lowest BCUT2D eigenvalue weighted by Crippen LogP contribution is -2.56. The topological polar surface area (TPSA) is 84.9 Å². The molecule has 7 nitrogen and oxygen atoms in total. The number of piperazine rings is 1. The van der Waals surface area contributed by atoms with Crippen LogP contribution >= 0.6 is 23.8 Å². The highest BCUT2D eigenvalue weighted by Gasteiger charge is 2.31. The summed E-state index contributed by atoms with van der Waals surface area (Å²) in [7, 11) is 0. The number of nitrogens with one attached hydrogen (secondary N) is 2. The maximum absolute atomic E-state index is 12.3. The molecule has 0 aliphatic carbocycles. The van der Waals surface area contributed by atoms with E-state index in [1.54, 1.807) is 35.2 Å². The first kappa shape index (κ1) is 21.1. The van der Waals surface area contributed by atoms with Gasteiger partial charge in [0.15, 0.2) is 5.11 Å². The van der Waals surface area contributed by atoms with Crippen molar-refractivity contribution in [3.8, 4) is 0 Å². The van der Waals surface area contributed by atoms with Crippen LogP contribution in [-0.2, 0) is 9.59 Å². The second-order valence-corrected chi connectivity index (χ2v) is 6.94. The Bertz CT molecular complexity index is 708. The number of thiocarbonyl (C=S) groups is 1. The van der Waals surface area contributed by atoms with Crippen LogP contribution in [0, 0.1) is 0 Å². The summed E-state index contributed by atoms with van der Waals surface area (Å²) in [5.74, 6) is -1.38. The number of hydrogen-bond acceptors (Lipinski definition) is 4. The third kappa shape index (κ3) is 6.50. The van der Waals surface area contributed by atoms with Crippen LogP contribution in [0.5, 0.6) is 0 Å². The monoisotopic (exact) mass is 410 g/mol. The van der Waals surface area contributed by atoms with Gasteiger partial charge in [-0.25, -0.2) is 0 Å². The van der Waals surface area contributed by atoms with E-state index >= 15 is 0 Å². The fraction of sp³-hybridized carbons (Fsp3) is 0.389. The summed E-state index contributed by atoms with van der Waals surface area (Å²) in [6.45, 7) is 6.44. The van der Waals surface area contributed by atoms with Crippen molar-refractivity contribution in [1.82, 2.24) is 15.1 Å². The number of benzene rings is 1. The fourth-order valence-electron chi connectivity index (χ4n) is 2.83. The van der Waals surface area contributed by atoms with Gasteiger partial charge < -0.3 is 20.6 Å². The Kier molecular flexibility index (Phi) is 8.02. The largest absolute Gasteiger partial charge is 0.480 e. The summed E-state index contributed by atoms with van der Waals surface area (Å²) < 4.78 is 0. The van der Waals surface area contributed by atoms with Gasteiger partial charge in [0.2, 0.25) is 5.91 Å². The van der Waals surface area contributed by atoms with Crippen LogP contribution in [0.2, 0.25) is 5.02 Å². The van der Waals surface area contributed by atoms with E-state index in [-0.39, 0.29) is 12.3 Å². The SMILES string of the molecule is C=CCNC(=S)N1CCN(C(CC(=O)Nc2cccc(Cl)c2)C(=O)O)CC1. The molecule has 1 aromatic carbocycles. The molecule has 27 heavy (non-hydrogen) atoms. The number of aliphatic carboxylic acids is 1. The molecular weight excluding hydrogens is 388 g/mol. The van der Waals surface area contributed by atoms with Gasteiger partial charge in [-0.2, -0.15) is 0 Å². The minimum Gasteiger partial charge on any atom is -0.480 e. The molecule has 0 radical (unpaired) electrons. The van der Waals surface area contributed by atoms with E-state index in [0.29, 0.717) is 48.5 Å². The summed E-state index contributed by atoms with van der Waals surface area (Å²) in [4.78, 5) is 27.8. The first-order valence-electron chi connectivity index (χ1n) is 8.56. The maximum Gasteiger partial charge on any atom is 0.321 e. The quantitative estimate of drug-likeness (QED) is 0.467. The van der Waals surface area contributed by atoms with E-state index in [4.69, 9.17) is 23.8 Å². The van der Waals surface area contributed by atoms with Gasteiger partial charge >= 0.3 is 5.97 Å². The van der Waals surface area contributed by atoms with E-state index in [9.17, 15) is 14.7 Å². The number of amides is 1. The lowest BCUT2D eigenvalue weighted by Gasteiger charge is -2.38. The minimum absolute atomic E-state index is 0.138. The molecule has 0 bridgehead atoms. The molecular formula is C18H23ClN4O3S. The average Bonchev–Trinajstić information content (AvgIpc) is 2.64. The van der Waals surface area contributed by atoms with E-state index in [0.717, 1.165) is 0 Å². The number of carbonyl (C=O) groups excluding carboxylic acids is 1. The predicted octanol–water partition coefficient (Wildman–Crippen LogP) is 1.80. The zero-order valence-corrected chi connectivity index (χ0v) is 16.4. The molecule has 1 fully saturated rings. The number of anilines is 1. The molecule has 3 N–H and O–H groups in total. The normalized spacial score (nSPS) is 15.7. The first-order valence-corrected chi connectivity index (χ1v) is 9.35. The van der Waals surface area contributed by atoms with Crippen molar-refractivity contribution in [2.24, 2.45) is 0 Å². The molecule has 0 saturated carbocycles. The molecule has 1 saturated heterocycles. The number of carbonyl (C=O) groups is 2. The molecule has 0 spiro atoms. The number of hydrogen-bond donors (Lipinski definition) is 3. The van der Waals surface area contributed by atoms with E-state index < -0.39 is 12.0 Å². The second kappa shape index (κ2) is 10.2. The molecule has 1 aromatic rings. The van der Waals surface area contributed by atoms with Gasteiger partial charge in [0.1, 0.15) is 6.04 Å². The van der Waals surface area contributed by atoms with Crippen molar-refractivity contribution in [3.63, 3.8) is 0 Å². The zero-order valence-electron chi connectivity index (χ0n) is 14.9. The van der Waals surface area contributed by atoms with Crippen molar-refractivity contribution in [3.05, 3.63) is 41.9 Å². The number of carboxylic acid groups (broad SMARTS) is 1. The lowest BCUT2D eigenvalue weighted by molar-refractivity contribution is -0.145. The first-order chi connectivity index (χ1) is 12.9. The Labute approximate surface area is 169 Å². The molecule has 0 aromatic heterocycles. The molecule has 1 amide bonds. The predicted molar refractivity (Wildman–Crippen MR) is 110 cm³/mol. The van der Waals surface area contributed by atoms with E-state index in [1.807, 2.05) is 4.90 Å². The number of rotatable bonds is 7. The lowest BCUT2D eigenvalue weighted by atomic mass is 10.1. The molecule has 1 aliphatic heterocycles. The van der Waals surface area contributed by atoms with Crippen LogP contribution in [0.1, 0.15) is 6.42 Å². The molecule has 1 atom stereocenters. The van der Waals surface area contributed by atoms with Crippen LogP contribution in [0.4, 0.5) is 5.69 Å². The number of halogens is 1. The highest BCUT2D eigenvalue weighted by Crippen LogP contribution is 2.16. The Hall–Kier alpha value is -2.16. The Morgan fingerprint density at radius 3 is 2.63 bits per heavy atom. The third-order valence-corrected chi connectivity index (χ3v) is 4.85. The van der Waals surface area contributed by atoms with E-state index in [1.165, 1.54) is 0 Å². The average molecular weight is 411 g/mol. The van der Waals surface area contributed by atoms with Gasteiger partial charge in [-0.15, -0.1) is 6.58 Å². The van der Waals surface area contributed by atoms with Crippen molar-refractivity contribution in [2.75, 3.05) is 38.0 Å². The van der Waals surface area contributed by atoms with E-state index in [2.05, 4.69) is 17.2 Å². The minimum atomic E-state index is -1.02. The summed E-state index contributed by atoms with van der Waals surface area (Å²) in [5.41, 5.74) is 0.542.